The highest BCUT2D eigenvalue weighted by Gasteiger charge is 2.24. The molecular weight excluding hydrogens is 458 g/mol. The maximum Gasteiger partial charge on any atom is 0.254 e. The standard InChI is InChI=1S/C32H35N3O2/c1-25(2)21-35(32(37)29-18-16-28(17-19-29)27-13-8-5-9-14-27)24-31(36)34(22-26-11-6-4-7-12-26)23-30-15-10-20-33(30)3/h4-20,25H,21-24H2,1-3H3. The number of hydrogen-bond donors (Lipinski definition) is 0. The summed E-state index contributed by atoms with van der Waals surface area (Å²) >= 11 is 0. The van der Waals surface area contributed by atoms with Crippen LogP contribution in [0.25, 0.3) is 11.1 Å². The number of hydrogen-bond acceptors (Lipinski definition) is 2. The summed E-state index contributed by atoms with van der Waals surface area (Å²) in [5, 5.41) is 0. The average molecular weight is 494 g/mol. The third kappa shape index (κ3) is 6.98. The van der Waals surface area contributed by atoms with Crippen molar-refractivity contribution in [1.29, 1.82) is 0 Å². The molecule has 0 N–H and O–H groups in total. The van der Waals surface area contributed by atoms with Gasteiger partial charge in [0.1, 0.15) is 6.54 Å². The molecule has 0 saturated carbocycles. The topological polar surface area (TPSA) is 45.6 Å². The van der Waals surface area contributed by atoms with Crippen LogP contribution in [0.3, 0.4) is 0 Å². The zero-order valence-corrected chi connectivity index (χ0v) is 21.9. The van der Waals surface area contributed by atoms with Gasteiger partial charge >= 0.3 is 0 Å². The molecule has 2 amide bonds. The van der Waals surface area contributed by atoms with Gasteiger partial charge in [-0.05, 0) is 46.9 Å². The van der Waals surface area contributed by atoms with Crippen molar-refractivity contribution in [3.8, 4) is 11.1 Å². The van der Waals surface area contributed by atoms with Gasteiger partial charge in [0.15, 0.2) is 0 Å². The minimum absolute atomic E-state index is 0.0364. The average Bonchev–Trinajstić information content (AvgIpc) is 3.32. The van der Waals surface area contributed by atoms with Crippen LogP contribution in [-0.2, 0) is 24.9 Å². The Morgan fingerprint density at radius 1 is 0.730 bits per heavy atom. The molecule has 0 spiro atoms. The van der Waals surface area contributed by atoms with Crippen molar-refractivity contribution in [2.45, 2.75) is 26.9 Å². The van der Waals surface area contributed by atoms with Crippen LogP contribution in [0.1, 0.15) is 35.5 Å². The van der Waals surface area contributed by atoms with Gasteiger partial charge in [0.2, 0.25) is 5.91 Å². The zero-order valence-electron chi connectivity index (χ0n) is 21.9. The fourth-order valence-electron chi connectivity index (χ4n) is 4.43. The minimum Gasteiger partial charge on any atom is -0.353 e. The van der Waals surface area contributed by atoms with E-state index in [0.29, 0.717) is 25.2 Å². The highest BCUT2D eigenvalue weighted by atomic mass is 16.2. The number of benzene rings is 3. The Bertz CT molecular complexity index is 1290. The maximum absolute atomic E-state index is 13.7. The smallest absolute Gasteiger partial charge is 0.254 e. The fourth-order valence-corrected chi connectivity index (χ4v) is 4.43. The molecule has 0 bridgehead atoms. The molecule has 5 nitrogen and oxygen atoms in total. The third-order valence-corrected chi connectivity index (χ3v) is 6.41. The van der Waals surface area contributed by atoms with Crippen LogP contribution >= 0.6 is 0 Å². The molecular formula is C32H35N3O2. The summed E-state index contributed by atoms with van der Waals surface area (Å²) in [6, 6.07) is 31.7. The SMILES string of the molecule is CC(C)CN(CC(=O)N(Cc1ccccc1)Cc1cccn1C)C(=O)c1ccc(-c2ccccc2)cc1. The van der Waals surface area contributed by atoms with Crippen molar-refractivity contribution < 1.29 is 9.59 Å². The monoisotopic (exact) mass is 493 g/mol. The Labute approximate surface area is 220 Å². The first kappa shape index (κ1) is 26.0. The lowest BCUT2D eigenvalue weighted by atomic mass is 10.0. The Balaban J connectivity index is 1.54. The van der Waals surface area contributed by atoms with Crippen molar-refractivity contribution >= 4 is 11.8 Å². The number of aryl methyl sites for hydroxylation is 1. The summed E-state index contributed by atoms with van der Waals surface area (Å²) in [6.07, 6.45) is 1.98. The number of amides is 2. The normalized spacial score (nSPS) is 10.9. The molecule has 3 aromatic carbocycles. The second-order valence-electron chi connectivity index (χ2n) is 9.87. The molecule has 5 heteroatoms. The van der Waals surface area contributed by atoms with Crippen molar-refractivity contribution in [3.63, 3.8) is 0 Å². The number of aromatic nitrogens is 1. The molecule has 4 aromatic rings. The molecule has 1 aromatic heterocycles. The van der Waals surface area contributed by atoms with E-state index in [1.54, 1.807) is 4.90 Å². The van der Waals surface area contributed by atoms with Crippen LogP contribution < -0.4 is 0 Å². The first-order chi connectivity index (χ1) is 17.9. The van der Waals surface area contributed by atoms with Gasteiger partial charge in [-0.2, -0.15) is 0 Å². The summed E-state index contributed by atoms with van der Waals surface area (Å²) in [5.41, 5.74) is 4.85. The highest BCUT2D eigenvalue weighted by Crippen LogP contribution is 2.20. The molecule has 0 aliphatic carbocycles. The Kier molecular flexibility index (Phi) is 8.57. The summed E-state index contributed by atoms with van der Waals surface area (Å²) < 4.78 is 2.02. The summed E-state index contributed by atoms with van der Waals surface area (Å²) in [6.45, 7) is 5.64. The molecule has 0 fully saturated rings. The predicted molar refractivity (Wildman–Crippen MR) is 149 cm³/mol. The van der Waals surface area contributed by atoms with Crippen LogP contribution in [-0.4, -0.2) is 39.3 Å². The van der Waals surface area contributed by atoms with Crippen molar-refractivity contribution in [2.75, 3.05) is 13.1 Å². The predicted octanol–water partition coefficient (Wildman–Crippen LogP) is 6.02. The molecule has 0 radical (unpaired) electrons. The molecule has 0 saturated heterocycles. The van der Waals surface area contributed by atoms with E-state index in [1.165, 1.54) is 0 Å². The second-order valence-corrected chi connectivity index (χ2v) is 9.87. The second kappa shape index (κ2) is 12.2. The lowest BCUT2D eigenvalue weighted by Crippen LogP contribution is -2.44. The third-order valence-electron chi connectivity index (χ3n) is 6.41. The van der Waals surface area contributed by atoms with Crippen LogP contribution in [0.2, 0.25) is 0 Å². The quantitative estimate of drug-likeness (QED) is 0.271. The number of rotatable bonds is 10. The van der Waals surface area contributed by atoms with Gasteiger partial charge in [0, 0.05) is 37.6 Å². The van der Waals surface area contributed by atoms with Gasteiger partial charge in [0.05, 0.1) is 6.54 Å². The molecule has 37 heavy (non-hydrogen) atoms. The van der Waals surface area contributed by atoms with Crippen molar-refractivity contribution in [1.82, 2.24) is 14.4 Å². The molecule has 0 aliphatic rings. The van der Waals surface area contributed by atoms with Gasteiger partial charge in [-0.25, -0.2) is 0 Å². The minimum atomic E-state index is -0.125. The molecule has 1 heterocycles. The number of nitrogens with zero attached hydrogens (tertiary/aromatic N) is 3. The van der Waals surface area contributed by atoms with Gasteiger partial charge < -0.3 is 14.4 Å². The van der Waals surface area contributed by atoms with Gasteiger partial charge in [-0.3, -0.25) is 9.59 Å². The van der Waals surface area contributed by atoms with E-state index in [2.05, 4.69) is 26.0 Å². The summed E-state index contributed by atoms with van der Waals surface area (Å²) in [5.74, 6) is 0.0379. The van der Waals surface area contributed by atoms with Crippen LogP contribution in [0.4, 0.5) is 0 Å². The fraction of sp³-hybridized carbons (Fsp3) is 0.250. The zero-order chi connectivity index (χ0) is 26.2. The van der Waals surface area contributed by atoms with E-state index in [9.17, 15) is 9.59 Å². The summed E-state index contributed by atoms with van der Waals surface area (Å²) in [7, 11) is 1.98. The molecule has 0 unspecified atom stereocenters. The lowest BCUT2D eigenvalue weighted by molar-refractivity contribution is -0.133. The highest BCUT2D eigenvalue weighted by molar-refractivity contribution is 5.97. The Morgan fingerprint density at radius 3 is 1.95 bits per heavy atom. The maximum atomic E-state index is 13.7. The van der Waals surface area contributed by atoms with E-state index in [-0.39, 0.29) is 24.3 Å². The van der Waals surface area contributed by atoms with E-state index >= 15 is 0 Å². The van der Waals surface area contributed by atoms with Gasteiger partial charge in [-0.15, -0.1) is 0 Å². The van der Waals surface area contributed by atoms with Crippen LogP contribution in [0.5, 0.6) is 0 Å². The molecule has 0 aliphatic heterocycles. The Morgan fingerprint density at radius 2 is 1.35 bits per heavy atom. The first-order valence-corrected chi connectivity index (χ1v) is 12.8. The van der Waals surface area contributed by atoms with Crippen molar-refractivity contribution in [3.05, 3.63) is 120 Å². The van der Waals surface area contributed by atoms with Gasteiger partial charge in [0.25, 0.3) is 5.91 Å². The number of carbonyl (C=O) groups excluding carboxylic acids is 2. The lowest BCUT2D eigenvalue weighted by Gasteiger charge is -2.29. The van der Waals surface area contributed by atoms with Crippen LogP contribution in [0, 0.1) is 5.92 Å². The van der Waals surface area contributed by atoms with Crippen molar-refractivity contribution in [2.24, 2.45) is 13.0 Å². The largest absolute Gasteiger partial charge is 0.353 e. The Hall–Kier alpha value is -4.12. The van der Waals surface area contributed by atoms with E-state index in [0.717, 1.165) is 22.4 Å². The first-order valence-electron chi connectivity index (χ1n) is 12.8. The number of carbonyl (C=O) groups is 2. The molecule has 190 valence electrons. The van der Waals surface area contributed by atoms with E-state index in [4.69, 9.17) is 0 Å². The molecule has 4 rings (SSSR count). The summed E-state index contributed by atoms with van der Waals surface area (Å²) in [4.78, 5) is 30.8. The van der Waals surface area contributed by atoms with E-state index in [1.807, 2.05) is 108 Å². The molecule has 0 atom stereocenters. The van der Waals surface area contributed by atoms with E-state index < -0.39 is 0 Å². The van der Waals surface area contributed by atoms with Crippen LogP contribution in [0.15, 0.2) is 103 Å². The van der Waals surface area contributed by atoms with Gasteiger partial charge in [-0.1, -0.05) is 86.6 Å².